The summed E-state index contributed by atoms with van der Waals surface area (Å²) in [4.78, 5) is 0. The van der Waals surface area contributed by atoms with Gasteiger partial charge in [0.25, 0.3) is 0 Å². The zero-order valence-electron chi connectivity index (χ0n) is 11.6. The van der Waals surface area contributed by atoms with E-state index in [1.807, 2.05) is 0 Å². The van der Waals surface area contributed by atoms with Crippen molar-refractivity contribution in [3.63, 3.8) is 0 Å². The zero-order valence-corrected chi connectivity index (χ0v) is 11.6. The Morgan fingerprint density at radius 2 is 2.00 bits per heavy atom. The lowest BCUT2D eigenvalue weighted by atomic mass is 10.1. The third-order valence-corrected chi connectivity index (χ3v) is 2.68. The van der Waals surface area contributed by atoms with Crippen molar-refractivity contribution in [2.45, 2.75) is 51.7 Å². The van der Waals surface area contributed by atoms with Crippen molar-refractivity contribution in [3.05, 3.63) is 0 Å². The maximum Gasteiger partial charge on any atom is 0.0897 e. The number of methoxy groups -OCH3 is 1. The Kier molecular flexibility index (Phi) is 12.2. The third-order valence-electron chi connectivity index (χ3n) is 2.68. The second-order valence-corrected chi connectivity index (χ2v) is 4.53. The summed E-state index contributed by atoms with van der Waals surface area (Å²) in [5, 5.41) is 13.0. The molecule has 0 saturated carbocycles. The van der Waals surface area contributed by atoms with Gasteiger partial charge in [0.1, 0.15) is 0 Å². The number of aliphatic hydroxyl groups is 1. The molecule has 4 nitrogen and oxygen atoms in total. The van der Waals surface area contributed by atoms with E-state index in [0.717, 1.165) is 0 Å². The Balaban J connectivity index is 3.32. The summed E-state index contributed by atoms with van der Waals surface area (Å²) < 4.78 is 10.1. The maximum atomic E-state index is 9.64. The molecule has 0 radical (unpaired) electrons. The van der Waals surface area contributed by atoms with Crippen LogP contribution in [0.5, 0.6) is 0 Å². The fourth-order valence-electron chi connectivity index (χ4n) is 1.56. The minimum atomic E-state index is -0.430. The van der Waals surface area contributed by atoms with Crippen molar-refractivity contribution in [2.75, 3.05) is 33.5 Å². The number of hydrogen-bond acceptors (Lipinski definition) is 4. The summed E-state index contributed by atoms with van der Waals surface area (Å²) in [7, 11) is 1.64. The molecule has 0 saturated heterocycles. The highest BCUT2D eigenvalue weighted by molar-refractivity contribution is 4.65. The molecular formula is C13H29NO3. The van der Waals surface area contributed by atoms with Crippen molar-refractivity contribution in [3.8, 4) is 0 Å². The molecule has 0 heterocycles. The molecule has 0 aromatic rings. The SMILES string of the molecule is CCCCCC(C)NCC(O)COCCOC. The lowest BCUT2D eigenvalue weighted by Crippen LogP contribution is -2.36. The molecule has 0 aromatic heterocycles. The van der Waals surface area contributed by atoms with Crippen LogP contribution in [0.25, 0.3) is 0 Å². The topological polar surface area (TPSA) is 50.7 Å². The second kappa shape index (κ2) is 12.3. The van der Waals surface area contributed by atoms with Crippen molar-refractivity contribution < 1.29 is 14.6 Å². The molecule has 0 bridgehead atoms. The van der Waals surface area contributed by atoms with E-state index in [0.29, 0.717) is 32.4 Å². The van der Waals surface area contributed by atoms with Gasteiger partial charge in [-0.1, -0.05) is 26.2 Å². The molecule has 104 valence electrons. The molecule has 2 N–H and O–H groups in total. The summed E-state index contributed by atoms with van der Waals surface area (Å²) in [6.45, 7) is 6.46. The van der Waals surface area contributed by atoms with Crippen molar-refractivity contribution in [2.24, 2.45) is 0 Å². The van der Waals surface area contributed by atoms with E-state index in [-0.39, 0.29) is 0 Å². The lowest BCUT2D eigenvalue weighted by Gasteiger charge is -2.17. The molecule has 4 heteroatoms. The molecule has 0 aliphatic rings. The second-order valence-electron chi connectivity index (χ2n) is 4.53. The number of nitrogens with one attached hydrogen (secondary N) is 1. The van der Waals surface area contributed by atoms with E-state index in [1.165, 1.54) is 25.7 Å². The average molecular weight is 247 g/mol. The number of hydrogen-bond donors (Lipinski definition) is 2. The smallest absolute Gasteiger partial charge is 0.0897 e. The molecule has 2 atom stereocenters. The molecule has 17 heavy (non-hydrogen) atoms. The molecule has 0 amide bonds. The molecule has 0 aromatic carbocycles. The third kappa shape index (κ3) is 12.1. The van der Waals surface area contributed by atoms with Gasteiger partial charge in [0, 0.05) is 19.7 Å². The van der Waals surface area contributed by atoms with Crippen LogP contribution in [0.3, 0.4) is 0 Å². The van der Waals surface area contributed by atoms with E-state index < -0.39 is 6.10 Å². The predicted octanol–water partition coefficient (Wildman–Crippen LogP) is 1.57. The number of rotatable bonds is 12. The Bertz CT molecular complexity index is 156. The monoisotopic (exact) mass is 247 g/mol. The van der Waals surface area contributed by atoms with Crippen LogP contribution in [0.15, 0.2) is 0 Å². The number of aliphatic hydroxyl groups excluding tert-OH is 1. The standard InChI is InChI=1S/C13H29NO3/c1-4-5-6-7-12(2)14-10-13(15)11-17-9-8-16-3/h12-15H,4-11H2,1-3H3. The van der Waals surface area contributed by atoms with Crippen LogP contribution in [-0.2, 0) is 9.47 Å². The van der Waals surface area contributed by atoms with Gasteiger partial charge < -0.3 is 19.9 Å². The number of unbranched alkanes of at least 4 members (excludes halogenated alkanes) is 2. The Hall–Kier alpha value is -0.160. The highest BCUT2D eigenvalue weighted by Gasteiger charge is 2.06. The van der Waals surface area contributed by atoms with Crippen molar-refractivity contribution >= 4 is 0 Å². The van der Waals surface area contributed by atoms with E-state index in [9.17, 15) is 5.11 Å². The van der Waals surface area contributed by atoms with Gasteiger partial charge in [-0.05, 0) is 13.3 Å². The molecule has 2 unspecified atom stereocenters. The van der Waals surface area contributed by atoms with Gasteiger partial charge in [0.15, 0.2) is 0 Å². The largest absolute Gasteiger partial charge is 0.389 e. The minimum Gasteiger partial charge on any atom is -0.389 e. The first kappa shape index (κ1) is 16.8. The first-order chi connectivity index (χ1) is 8.20. The normalized spacial score (nSPS) is 14.8. The van der Waals surface area contributed by atoms with Crippen LogP contribution in [0, 0.1) is 0 Å². The quantitative estimate of drug-likeness (QED) is 0.514. The maximum absolute atomic E-state index is 9.64. The highest BCUT2D eigenvalue weighted by Crippen LogP contribution is 2.02. The van der Waals surface area contributed by atoms with Crippen molar-refractivity contribution in [1.29, 1.82) is 0 Å². The molecule has 0 spiro atoms. The first-order valence-corrected chi connectivity index (χ1v) is 6.68. The molecule has 0 rings (SSSR count). The van der Waals surface area contributed by atoms with Crippen LogP contribution >= 0.6 is 0 Å². The van der Waals surface area contributed by atoms with Gasteiger partial charge in [0.05, 0.1) is 25.9 Å². The van der Waals surface area contributed by atoms with Crippen LogP contribution in [0.2, 0.25) is 0 Å². The van der Waals surface area contributed by atoms with Gasteiger partial charge in [-0.3, -0.25) is 0 Å². The summed E-state index contributed by atoms with van der Waals surface area (Å²) in [6.07, 6.45) is 4.54. The fraction of sp³-hybridized carbons (Fsp3) is 1.00. The van der Waals surface area contributed by atoms with E-state index in [2.05, 4.69) is 19.2 Å². The molecule has 0 aliphatic carbocycles. The summed E-state index contributed by atoms with van der Waals surface area (Å²) in [5.41, 5.74) is 0. The van der Waals surface area contributed by atoms with Crippen LogP contribution in [0.1, 0.15) is 39.5 Å². The first-order valence-electron chi connectivity index (χ1n) is 6.68. The number of ether oxygens (including phenoxy) is 2. The van der Waals surface area contributed by atoms with Gasteiger partial charge in [-0.2, -0.15) is 0 Å². The van der Waals surface area contributed by atoms with Gasteiger partial charge in [-0.15, -0.1) is 0 Å². The lowest BCUT2D eigenvalue weighted by molar-refractivity contribution is 0.0130. The fourth-order valence-corrected chi connectivity index (χ4v) is 1.56. The predicted molar refractivity (Wildman–Crippen MR) is 70.3 cm³/mol. The summed E-state index contributed by atoms with van der Waals surface area (Å²) >= 11 is 0. The molecule has 0 aliphatic heterocycles. The van der Waals surface area contributed by atoms with Crippen LogP contribution < -0.4 is 5.32 Å². The van der Waals surface area contributed by atoms with E-state index in [4.69, 9.17) is 9.47 Å². The van der Waals surface area contributed by atoms with Crippen molar-refractivity contribution in [1.82, 2.24) is 5.32 Å². The average Bonchev–Trinajstić information content (AvgIpc) is 2.32. The van der Waals surface area contributed by atoms with Crippen LogP contribution in [-0.4, -0.2) is 50.7 Å². The molecular weight excluding hydrogens is 218 g/mol. The van der Waals surface area contributed by atoms with Crippen LogP contribution in [0.4, 0.5) is 0 Å². The van der Waals surface area contributed by atoms with Gasteiger partial charge in [0.2, 0.25) is 0 Å². The van der Waals surface area contributed by atoms with E-state index >= 15 is 0 Å². The zero-order chi connectivity index (χ0) is 12.9. The van der Waals surface area contributed by atoms with E-state index in [1.54, 1.807) is 7.11 Å². The highest BCUT2D eigenvalue weighted by atomic mass is 16.5. The van der Waals surface area contributed by atoms with Gasteiger partial charge >= 0.3 is 0 Å². The minimum absolute atomic E-state index is 0.373. The molecule has 0 fully saturated rings. The Labute approximate surface area is 106 Å². The summed E-state index contributed by atoms with van der Waals surface area (Å²) in [6, 6.07) is 0.468. The Morgan fingerprint density at radius 3 is 2.65 bits per heavy atom. The summed E-state index contributed by atoms with van der Waals surface area (Å²) in [5.74, 6) is 0. The Morgan fingerprint density at radius 1 is 1.24 bits per heavy atom. The van der Waals surface area contributed by atoms with Gasteiger partial charge in [-0.25, -0.2) is 0 Å².